The van der Waals surface area contributed by atoms with Crippen LogP contribution in [-0.2, 0) is 6.54 Å². The molecule has 24 heavy (non-hydrogen) atoms. The summed E-state index contributed by atoms with van der Waals surface area (Å²) >= 11 is 17.6. The Morgan fingerprint density at radius 1 is 1.25 bits per heavy atom. The minimum atomic E-state index is -1.82. The molecule has 2 N–H and O–H groups in total. The minimum Gasteiger partial charge on any atom is -0.468 e. The lowest BCUT2D eigenvalue weighted by molar-refractivity contribution is -0.384. The van der Waals surface area contributed by atoms with Gasteiger partial charge in [0.15, 0.2) is 0 Å². The SMILES string of the molecule is O=C(N[C@H](NCc1ccco1)C(Cl)(Cl)Cl)c1ccc([N+](=O)[O-])cc1. The average molecular weight is 393 g/mol. The normalized spacial score (nSPS) is 12.6. The fraction of sp³-hybridized carbons (Fsp3) is 0.214. The minimum absolute atomic E-state index is 0.125. The zero-order valence-electron chi connectivity index (χ0n) is 12.0. The van der Waals surface area contributed by atoms with Gasteiger partial charge in [-0.15, -0.1) is 0 Å². The number of amides is 1. The van der Waals surface area contributed by atoms with Gasteiger partial charge in [-0.1, -0.05) is 34.8 Å². The predicted octanol–water partition coefficient (Wildman–Crippen LogP) is 3.40. The molecule has 0 aliphatic heterocycles. The molecule has 1 aromatic carbocycles. The first-order chi connectivity index (χ1) is 11.3. The van der Waals surface area contributed by atoms with E-state index in [1.807, 2.05) is 0 Å². The lowest BCUT2D eigenvalue weighted by Crippen LogP contribution is -2.53. The number of nitrogens with one attached hydrogen (secondary N) is 2. The number of alkyl halides is 3. The Kier molecular flexibility index (Phi) is 6.06. The van der Waals surface area contributed by atoms with Crippen LogP contribution in [0.3, 0.4) is 0 Å². The molecule has 10 heteroatoms. The summed E-state index contributed by atoms with van der Waals surface area (Å²) in [6, 6.07) is 8.49. The third kappa shape index (κ3) is 5.10. The molecule has 128 valence electrons. The molecule has 2 aromatic rings. The van der Waals surface area contributed by atoms with E-state index in [9.17, 15) is 14.9 Å². The van der Waals surface area contributed by atoms with E-state index >= 15 is 0 Å². The van der Waals surface area contributed by atoms with Crippen LogP contribution < -0.4 is 10.6 Å². The molecular formula is C14H12Cl3N3O4. The lowest BCUT2D eigenvalue weighted by Gasteiger charge is -2.26. The molecule has 0 aliphatic carbocycles. The molecule has 0 aliphatic rings. The number of nitro benzene ring substituents is 1. The van der Waals surface area contributed by atoms with E-state index in [-0.39, 0.29) is 17.8 Å². The van der Waals surface area contributed by atoms with Crippen LogP contribution in [0.1, 0.15) is 16.1 Å². The first-order valence-corrected chi connectivity index (χ1v) is 7.78. The zero-order chi connectivity index (χ0) is 17.7. The number of furan rings is 1. The smallest absolute Gasteiger partial charge is 0.269 e. The molecular weight excluding hydrogens is 381 g/mol. The molecule has 7 nitrogen and oxygen atoms in total. The number of rotatable bonds is 6. The largest absolute Gasteiger partial charge is 0.468 e. The van der Waals surface area contributed by atoms with Crippen molar-refractivity contribution in [3.8, 4) is 0 Å². The molecule has 1 atom stereocenters. The van der Waals surface area contributed by atoms with Crippen LogP contribution in [0.4, 0.5) is 5.69 Å². The molecule has 0 unspecified atom stereocenters. The zero-order valence-corrected chi connectivity index (χ0v) is 14.3. The van der Waals surface area contributed by atoms with Crippen LogP contribution in [0.15, 0.2) is 47.1 Å². The topological polar surface area (TPSA) is 97.4 Å². The highest BCUT2D eigenvalue weighted by Gasteiger charge is 2.34. The van der Waals surface area contributed by atoms with Crippen molar-refractivity contribution in [2.24, 2.45) is 0 Å². The third-order valence-corrected chi connectivity index (χ3v) is 3.66. The molecule has 0 radical (unpaired) electrons. The maximum absolute atomic E-state index is 12.2. The second kappa shape index (κ2) is 7.85. The van der Waals surface area contributed by atoms with Crippen LogP contribution in [0.5, 0.6) is 0 Å². The van der Waals surface area contributed by atoms with Gasteiger partial charge in [0.2, 0.25) is 3.79 Å². The summed E-state index contributed by atoms with van der Waals surface area (Å²) in [6.45, 7) is 0.228. The fourth-order valence-electron chi connectivity index (χ4n) is 1.81. The Balaban J connectivity index is 2.04. The lowest BCUT2D eigenvalue weighted by atomic mass is 10.2. The Labute approximate surface area is 152 Å². The summed E-state index contributed by atoms with van der Waals surface area (Å²) in [6.07, 6.45) is 0.492. The molecule has 0 bridgehead atoms. The summed E-state index contributed by atoms with van der Waals surface area (Å²) in [5.74, 6) is 0.0482. The number of halogens is 3. The van der Waals surface area contributed by atoms with Crippen LogP contribution >= 0.6 is 34.8 Å². The molecule has 1 heterocycles. The van der Waals surface area contributed by atoms with Gasteiger partial charge >= 0.3 is 0 Å². The van der Waals surface area contributed by atoms with Crippen LogP contribution in [-0.4, -0.2) is 20.8 Å². The molecule has 1 aromatic heterocycles. The number of non-ortho nitro benzene ring substituents is 1. The van der Waals surface area contributed by atoms with Crippen molar-refractivity contribution in [2.75, 3.05) is 0 Å². The second-order valence-corrected chi connectivity index (χ2v) is 7.08. The third-order valence-electron chi connectivity index (χ3n) is 3.00. The van der Waals surface area contributed by atoms with Crippen molar-refractivity contribution < 1.29 is 14.1 Å². The van der Waals surface area contributed by atoms with Gasteiger partial charge in [0.1, 0.15) is 11.9 Å². The van der Waals surface area contributed by atoms with Crippen molar-refractivity contribution in [1.82, 2.24) is 10.6 Å². The maximum Gasteiger partial charge on any atom is 0.269 e. The highest BCUT2D eigenvalue weighted by Crippen LogP contribution is 2.29. The van der Waals surface area contributed by atoms with Crippen LogP contribution in [0.25, 0.3) is 0 Å². The molecule has 0 saturated heterocycles. The van der Waals surface area contributed by atoms with Gasteiger partial charge in [-0.2, -0.15) is 0 Å². The quantitative estimate of drug-likeness (QED) is 0.340. The Bertz CT molecular complexity index is 699. The van der Waals surface area contributed by atoms with Gasteiger partial charge in [0, 0.05) is 17.7 Å². The molecule has 1 amide bonds. The van der Waals surface area contributed by atoms with Gasteiger partial charge in [-0.3, -0.25) is 20.2 Å². The fourth-order valence-corrected chi connectivity index (χ4v) is 2.21. The number of benzene rings is 1. The number of carbonyl (C=O) groups excluding carboxylic acids is 1. The van der Waals surface area contributed by atoms with Gasteiger partial charge < -0.3 is 9.73 Å². The van der Waals surface area contributed by atoms with Crippen molar-refractivity contribution in [3.63, 3.8) is 0 Å². The summed E-state index contributed by atoms with van der Waals surface area (Å²) in [4.78, 5) is 22.3. The number of hydrogen-bond acceptors (Lipinski definition) is 5. The number of nitrogens with zero attached hydrogens (tertiary/aromatic N) is 1. The summed E-state index contributed by atoms with van der Waals surface area (Å²) in [5.41, 5.74) is 0.0695. The van der Waals surface area contributed by atoms with E-state index in [4.69, 9.17) is 39.2 Å². The van der Waals surface area contributed by atoms with E-state index in [0.717, 1.165) is 0 Å². The summed E-state index contributed by atoms with van der Waals surface area (Å²) in [5, 5.41) is 16.0. The summed E-state index contributed by atoms with van der Waals surface area (Å²) in [7, 11) is 0. The molecule has 0 fully saturated rings. The van der Waals surface area contributed by atoms with Gasteiger partial charge in [0.05, 0.1) is 17.7 Å². The van der Waals surface area contributed by atoms with Crippen LogP contribution in [0.2, 0.25) is 0 Å². The predicted molar refractivity (Wildman–Crippen MR) is 90.2 cm³/mol. The van der Waals surface area contributed by atoms with Gasteiger partial charge in [-0.05, 0) is 24.3 Å². The molecule has 0 saturated carbocycles. The van der Waals surface area contributed by atoms with Crippen LogP contribution in [0, 0.1) is 10.1 Å². The van der Waals surface area contributed by atoms with E-state index in [0.29, 0.717) is 5.76 Å². The number of hydrogen-bond donors (Lipinski definition) is 2. The van der Waals surface area contributed by atoms with E-state index in [2.05, 4.69) is 10.6 Å². The maximum atomic E-state index is 12.2. The molecule has 0 spiro atoms. The first kappa shape index (κ1) is 18.5. The van der Waals surface area contributed by atoms with E-state index in [1.54, 1.807) is 12.1 Å². The van der Waals surface area contributed by atoms with E-state index in [1.165, 1.54) is 30.5 Å². The first-order valence-electron chi connectivity index (χ1n) is 6.65. The standard InChI is InChI=1S/C14H12Cl3N3O4/c15-14(16,17)13(18-8-11-2-1-7-24-11)19-12(21)9-3-5-10(6-4-9)20(22)23/h1-7,13,18H,8H2,(H,19,21)/t13-/m0/s1. The van der Waals surface area contributed by atoms with Crippen molar-refractivity contribution >= 4 is 46.4 Å². The highest BCUT2D eigenvalue weighted by atomic mass is 35.6. The van der Waals surface area contributed by atoms with Crippen molar-refractivity contribution in [1.29, 1.82) is 0 Å². The van der Waals surface area contributed by atoms with Crippen molar-refractivity contribution in [2.45, 2.75) is 16.5 Å². The van der Waals surface area contributed by atoms with E-state index < -0.39 is 20.8 Å². The number of carbonyl (C=O) groups is 1. The summed E-state index contributed by atoms with van der Waals surface area (Å²) < 4.78 is 3.34. The Hall–Kier alpha value is -1.80. The highest BCUT2D eigenvalue weighted by molar-refractivity contribution is 6.68. The molecule has 2 rings (SSSR count). The monoisotopic (exact) mass is 391 g/mol. The van der Waals surface area contributed by atoms with Gasteiger partial charge in [0.25, 0.3) is 11.6 Å². The average Bonchev–Trinajstić information content (AvgIpc) is 3.03. The Morgan fingerprint density at radius 3 is 2.42 bits per heavy atom. The van der Waals surface area contributed by atoms with Crippen molar-refractivity contribution in [3.05, 3.63) is 64.1 Å². The second-order valence-electron chi connectivity index (χ2n) is 4.71. The number of nitro groups is 1. The Morgan fingerprint density at radius 2 is 1.92 bits per heavy atom. The van der Waals surface area contributed by atoms with Gasteiger partial charge in [-0.25, -0.2) is 0 Å².